The van der Waals surface area contributed by atoms with E-state index in [0.717, 1.165) is 28.7 Å². The SMILES string of the molecule is C=C/C=C1/C(C=C)=C(C=C)C(C=C)=C1/C(=C\C)CC.CC.CC.CC.CC. The van der Waals surface area contributed by atoms with Gasteiger partial charge in [0.25, 0.3) is 0 Å². The Balaban J connectivity index is -0.000000292. The standard InChI is InChI=1S/C19H22.4C2H6/c1-7-13-18-16(11-5)15(10-4)17(12-6)19(18)14(8-2)9-3;4*1-2/h7-8,10-13H,1,4-6,9H2,2-3H3;4*1-2H3/b14-8-,18-13-;;;;. The fourth-order valence-electron chi connectivity index (χ4n) is 2.52. The molecule has 1 aliphatic rings. The maximum atomic E-state index is 3.95. The Morgan fingerprint density at radius 3 is 1.37 bits per heavy atom. The van der Waals surface area contributed by atoms with Crippen molar-refractivity contribution < 1.29 is 0 Å². The summed E-state index contributed by atoms with van der Waals surface area (Å²) in [6, 6.07) is 0. The highest BCUT2D eigenvalue weighted by molar-refractivity contribution is 5.76. The summed E-state index contributed by atoms with van der Waals surface area (Å²) in [5.41, 5.74) is 7.02. The zero-order valence-electron chi connectivity index (χ0n) is 20.0. The maximum Gasteiger partial charge on any atom is -0.00705 e. The second-order valence-electron chi connectivity index (χ2n) is 4.21. The number of rotatable bonds is 6. The van der Waals surface area contributed by atoms with Gasteiger partial charge in [-0.1, -0.05) is 125 Å². The molecular weight excluding hydrogens is 324 g/mol. The second-order valence-corrected chi connectivity index (χ2v) is 4.21. The second kappa shape index (κ2) is 23.9. The molecule has 0 heteroatoms. The third-order valence-corrected chi connectivity index (χ3v) is 3.36. The third-order valence-electron chi connectivity index (χ3n) is 3.36. The van der Waals surface area contributed by atoms with Gasteiger partial charge in [-0.15, -0.1) is 0 Å². The molecule has 0 unspecified atom stereocenters. The lowest BCUT2D eigenvalue weighted by atomic mass is 9.92. The monoisotopic (exact) mass is 370 g/mol. The summed E-state index contributed by atoms with van der Waals surface area (Å²) in [4.78, 5) is 0. The van der Waals surface area contributed by atoms with Crippen molar-refractivity contribution in [2.75, 3.05) is 0 Å². The van der Waals surface area contributed by atoms with Gasteiger partial charge >= 0.3 is 0 Å². The lowest BCUT2D eigenvalue weighted by Gasteiger charge is -2.11. The molecule has 27 heavy (non-hydrogen) atoms. The summed E-state index contributed by atoms with van der Waals surface area (Å²) in [7, 11) is 0. The smallest absolute Gasteiger partial charge is 0.00705 e. The summed E-state index contributed by atoms with van der Waals surface area (Å²) in [5.74, 6) is 0. The molecule has 0 heterocycles. The molecule has 0 fully saturated rings. The Morgan fingerprint density at radius 2 is 1.11 bits per heavy atom. The van der Waals surface area contributed by atoms with Gasteiger partial charge in [-0.25, -0.2) is 0 Å². The van der Waals surface area contributed by atoms with E-state index in [0.29, 0.717) is 0 Å². The van der Waals surface area contributed by atoms with E-state index in [-0.39, 0.29) is 0 Å². The van der Waals surface area contributed by atoms with Crippen LogP contribution in [0.3, 0.4) is 0 Å². The Kier molecular flexibility index (Phi) is 28.9. The Morgan fingerprint density at radius 1 is 0.704 bits per heavy atom. The molecule has 0 aromatic carbocycles. The molecule has 0 aliphatic heterocycles. The zero-order chi connectivity index (χ0) is 22.4. The first-order chi connectivity index (χ1) is 13.2. The van der Waals surface area contributed by atoms with Gasteiger partial charge in [0.2, 0.25) is 0 Å². The molecule has 0 aromatic rings. The summed E-state index contributed by atoms with van der Waals surface area (Å²) in [5, 5.41) is 0. The molecule has 0 bridgehead atoms. The van der Waals surface area contributed by atoms with Crippen molar-refractivity contribution in [1.82, 2.24) is 0 Å². The largest absolute Gasteiger partial charge is 0.0990 e. The Hall–Kier alpha value is -2.08. The first kappa shape index (κ1) is 32.6. The average Bonchev–Trinajstić information content (AvgIpc) is 3.07. The topological polar surface area (TPSA) is 0 Å². The normalized spacial score (nSPS) is 13.6. The van der Waals surface area contributed by atoms with Gasteiger partial charge in [0, 0.05) is 0 Å². The minimum absolute atomic E-state index is 0.979. The average molecular weight is 371 g/mol. The van der Waals surface area contributed by atoms with Gasteiger partial charge < -0.3 is 0 Å². The fourth-order valence-corrected chi connectivity index (χ4v) is 2.52. The fraction of sp³-hybridized carbons (Fsp3) is 0.407. The lowest BCUT2D eigenvalue weighted by molar-refractivity contribution is 1.10. The minimum Gasteiger partial charge on any atom is -0.0990 e. The first-order valence-electron chi connectivity index (χ1n) is 10.5. The van der Waals surface area contributed by atoms with E-state index in [4.69, 9.17) is 0 Å². The van der Waals surface area contributed by atoms with E-state index in [1.165, 1.54) is 11.1 Å². The molecule has 0 spiro atoms. The van der Waals surface area contributed by atoms with Crippen molar-refractivity contribution >= 4 is 0 Å². The summed E-state index contributed by atoms with van der Waals surface area (Å²) in [6.07, 6.45) is 12.6. The van der Waals surface area contributed by atoms with Crippen LogP contribution in [0, 0.1) is 0 Å². The minimum atomic E-state index is 0.979. The van der Waals surface area contributed by atoms with Crippen molar-refractivity contribution in [2.24, 2.45) is 0 Å². The molecular formula is C27H46. The van der Waals surface area contributed by atoms with Gasteiger partial charge in [-0.05, 0) is 46.8 Å². The van der Waals surface area contributed by atoms with Crippen LogP contribution in [0.4, 0.5) is 0 Å². The molecule has 0 radical (unpaired) electrons. The van der Waals surface area contributed by atoms with Crippen LogP contribution in [-0.4, -0.2) is 0 Å². The number of hydrogen-bond donors (Lipinski definition) is 0. The van der Waals surface area contributed by atoms with Crippen molar-refractivity contribution in [3.63, 3.8) is 0 Å². The molecule has 0 saturated heterocycles. The first-order valence-corrected chi connectivity index (χ1v) is 10.5. The van der Waals surface area contributed by atoms with Crippen molar-refractivity contribution in [3.05, 3.63) is 96.2 Å². The molecule has 0 N–H and O–H groups in total. The summed E-state index contributed by atoms with van der Waals surface area (Å²) >= 11 is 0. The Bertz CT molecular complexity index is 543. The number of allylic oxidation sites excluding steroid dienone is 12. The van der Waals surface area contributed by atoms with E-state index in [1.807, 2.05) is 85.8 Å². The van der Waals surface area contributed by atoms with Gasteiger partial charge in [-0.3, -0.25) is 0 Å². The van der Waals surface area contributed by atoms with Crippen molar-refractivity contribution in [1.29, 1.82) is 0 Å². The van der Waals surface area contributed by atoms with Crippen LogP contribution in [0.15, 0.2) is 96.2 Å². The van der Waals surface area contributed by atoms with E-state index in [1.54, 1.807) is 0 Å². The predicted octanol–water partition coefficient (Wildman–Crippen LogP) is 9.72. The van der Waals surface area contributed by atoms with Crippen molar-refractivity contribution in [2.45, 2.75) is 75.7 Å². The van der Waals surface area contributed by atoms with E-state index in [9.17, 15) is 0 Å². The Labute approximate surface area is 172 Å². The molecule has 1 rings (SSSR count). The molecule has 0 saturated carbocycles. The molecule has 0 amide bonds. The molecule has 0 nitrogen and oxygen atoms in total. The van der Waals surface area contributed by atoms with Crippen LogP contribution in [0.25, 0.3) is 0 Å². The van der Waals surface area contributed by atoms with Crippen LogP contribution in [0.5, 0.6) is 0 Å². The molecule has 0 atom stereocenters. The zero-order valence-corrected chi connectivity index (χ0v) is 20.0. The highest BCUT2D eigenvalue weighted by atomic mass is 14.3. The highest BCUT2D eigenvalue weighted by Crippen LogP contribution is 2.42. The summed E-state index contributed by atoms with van der Waals surface area (Å²) < 4.78 is 0. The molecule has 1 aliphatic carbocycles. The van der Waals surface area contributed by atoms with E-state index in [2.05, 4.69) is 46.2 Å². The van der Waals surface area contributed by atoms with E-state index >= 15 is 0 Å². The highest BCUT2D eigenvalue weighted by Gasteiger charge is 2.25. The third kappa shape index (κ3) is 9.43. The van der Waals surface area contributed by atoms with Gasteiger partial charge in [0.05, 0.1) is 0 Å². The quantitative estimate of drug-likeness (QED) is 0.436. The maximum absolute atomic E-state index is 3.95. The van der Waals surface area contributed by atoms with Gasteiger partial charge in [0.1, 0.15) is 0 Å². The van der Waals surface area contributed by atoms with Crippen LogP contribution < -0.4 is 0 Å². The van der Waals surface area contributed by atoms with E-state index < -0.39 is 0 Å². The van der Waals surface area contributed by atoms with Gasteiger partial charge in [-0.2, -0.15) is 0 Å². The molecule has 0 aromatic heterocycles. The lowest BCUT2D eigenvalue weighted by Crippen LogP contribution is -1.93. The van der Waals surface area contributed by atoms with Crippen molar-refractivity contribution in [3.8, 4) is 0 Å². The van der Waals surface area contributed by atoms with Crippen LogP contribution in [0.2, 0.25) is 0 Å². The van der Waals surface area contributed by atoms with Gasteiger partial charge in [0.15, 0.2) is 0 Å². The summed E-state index contributed by atoms with van der Waals surface area (Å²) in [6.45, 7) is 35.8. The predicted molar refractivity (Wildman–Crippen MR) is 132 cm³/mol. The van der Waals surface area contributed by atoms with Crippen LogP contribution >= 0.6 is 0 Å². The number of hydrogen-bond acceptors (Lipinski definition) is 0. The molecule has 154 valence electrons. The van der Waals surface area contributed by atoms with Crippen LogP contribution in [-0.2, 0) is 0 Å². The van der Waals surface area contributed by atoms with Crippen LogP contribution in [0.1, 0.15) is 75.7 Å².